The summed E-state index contributed by atoms with van der Waals surface area (Å²) in [4.78, 5) is 0. The molecule has 11 heavy (non-hydrogen) atoms. The average Bonchev–Trinajstić information content (AvgIpc) is 2.66. The number of rotatable bonds is 1. The molecule has 0 bridgehead atoms. The predicted octanol–water partition coefficient (Wildman–Crippen LogP) is 0.799. The van der Waals surface area contributed by atoms with Gasteiger partial charge in [-0.3, -0.25) is 0 Å². The Labute approximate surface area is 74.3 Å². The third-order valence-corrected chi connectivity index (χ3v) is 2.09. The number of hydrogen-bond acceptors (Lipinski definition) is 2. The van der Waals surface area contributed by atoms with Gasteiger partial charge in [-0.2, -0.15) is 0 Å². The first-order chi connectivity index (χ1) is 5.33. The Kier molecular flexibility index (Phi) is 3.11. The Bertz CT molecular complexity index is 252. The molecule has 0 unspecified atom stereocenters. The normalized spacial score (nSPS) is 9.73. The van der Waals surface area contributed by atoms with Crippen LogP contribution < -0.4 is 0 Å². The molecule has 58 valence electrons. The van der Waals surface area contributed by atoms with Crippen molar-refractivity contribution >= 4 is 23.6 Å². The molecule has 4 heteroatoms. The van der Waals surface area contributed by atoms with Crippen molar-refractivity contribution in [3.8, 4) is 11.1 Å². The minimum atomic E-state index is -0.750. The topological polar surface area (TPSA) is 40.5 Å². The second-order valence-corrected chi connectivity index (χ2v) is 2.71. The van der Waals surface area contributed by atoms with Gasteiger partial charge in [0.1, 0.15) is 0 Å². The standard InChI is InChI=1S/C7H5Br.BH3O2/c8-4-6-2-1-5-3-7(5)6;2-1-3/h1-3H,4H2;1-3H. The van der Waals surface area contributed by atoms with Crippen molar-refractivity contribution in [3.63, 3.8) is 0 Å². The molecule has 2 nitrogen and oxygen atoms in total. The lowest BCUT2D eigenvalue weighted by Crippen LogP contribution is -1.75. The van der Waals surface area contributed by atoms with Gasteiger partial charge in [-0.1, -0.05) is 28.1 Å². The molecule has 0 saturated heterocycles. The second kappa shape index (κ2) is 3.90. The van der Waals surface area contributed by atoms with E-state index in [4.69, 9.17) is 10.0 Å². The maximum atomic E-state index is 7.12. The van der Waals surface area contributed by atoms with Gasteiger partial charge in [0.05, 0.1) is 0 Å². The lowest BCUT2D eigenvalue weighted by molar-refractivity contribution is 0.448. The molecule has 0 fully saturated rings. The van der Waals surface area contributed by atoms with Crippen LogP contribution in [-0.2, 0) is 5.33 Å². The monoisotopic (exact) mass is 214 g/mol. The Balaban J connectivity index is 0.000000179. The molecule has 0 aromatic heterocycles. The van der Waals surface area contributed by atoms with E-state index in [1.54, 1.807) is 0 Å². The van der Waals surface area contributed by atoms with Crippen LogP contribution in [0.25, 0.3) is 11.1 Å². The first-order valence-electron chi connectivity index (χ1n) is 3.24. The van der Waals surface area contributed by atoms with Gasteiger partial charge in [0.15, 0.2) is 0 Å². The smallest absolute Gasteiger partial charge is 0.430 e. The SMILES string of the molecule is BrCc1ccc2cc1-2.OBO. The maximum Gasteiger partial charge on any atom is 0.432 e. The first-order valence-corrected chi connectivity index (χ1v) is 4.36. The van der Waals surface area contributed by atoms with Crippen molar-refractivity contribution in [1.29, 1.82) is 0 Å². The fourth-order valence-corrected chi connectivity index (χ4v) is 1.42. The molecule has 0 heterocycles. The van der Waals surface area contributed by atoms with Crippen LogP contribution in [0.5, 0.6) is 0 Å². The number of fused-ring (bicyclic) bond motifs is 1. The van der Waals surface area contributed by atoms with Crippen LogP contribution in [0.4, 0.5) is 0 Å². The van der Waals surface area contributed by atoms with Gasteiger partial charge in [-0.05, 0) is 22.8 Å². The summed E-state index contributed by atoms with van der Waals surface area (Å²) in [5, 5.41) is 15.2. The zero-order valence-corrected chi connectivity index (χ0v) is 7.50. The Morgan fingerprint density at radius 2 is 2.00 bits per heavy atom. The van der Waals surface area contributed by atoms with E-state index in [2.05, 4.69) is 34.1 Å². The lowest BCUT2D eigenvalue weighted by atomic mass is 10.3. The molecule has 2 N–H and O–H groups in total. The summed E-state index contributed by atoms with van der Waals surface area (Å²) in [6, 6.07) is 6.53. The molecule has 0 atom stereocenters. The van der Waals surface area contributed by atoms with Crippen molar-refractivity contribution in [2.24, 2.45) is 0 Å². The molecule has 0 radical (unpaired) electrons. The first kappa shape index (κ1) is 8.78. The molecular formula is C7H8BBrO2. The van der Waals surface area contributed by atoms with Crippen LogP contribution in [0.3, 0.4) is 0 Å². The maximum absolute atomic E-state index is 7.12. The van der Waals surface area contributed by atoms with E-state index in [9.17, 15) is 0 Å². The largest absolute Gasteiger partial charge is 0.432 e. The molecule has 0 aromatic rings. The molecule has 0 amide bonds. The highest BCUT2D eigenvalue weighted by atomic mass is 79.9. The molecule has 2 aliphatic rings. The number of alkyl halides is 1. The summed E-state index contributed by atoms with van der Waals surface area (Å²) in [5.41, 5.74) is 4.32. The van der Waals surface area contributed by atoms with E-state index in [1.165, 1.54) is 16.7 Å². The van der Waals surface area contributed by atoms with Crippen molar-refractivity contribution in [2.45, 2.75) is 5.33 Å². The van der Waals surface area contributed by atoms with Crippen LogP contribution in [0, 0.1) is 0 Å². The summed E-state index contributed by atoms with van der Waals surface area (Å²) in [6.45, 7) is 0. The molecule has 0 aromatic carbocycles. The van der Waals surface area contributed by atoms with Crippen molar-refractivity contribution in [3.05, 3.63) is 23.8 Å². The Morgan fingerprint density at radius 3 is 2.18 bits per heavy atom. The van der Waals surface area contributed by atoms with E-state index in [-0.39, 0.29) is 0 Å². The summed E-state index contributed by atoms with van der Waals surface area (Å²) >= 11 is 3.40. The van der Waals surface area contributed by atoms with Crippen molar-refractivity contribution in [2.75, 3.05) is 0 Å². The highest BCUT2D eigenvalue weighted by Gasteiger charge is 2.14. The number of benzene rings is 1. The lowest BCUT2D eigenvalue weighted by Gasteiger charge is -1.81. The molecule has 2 aliphatic carbocycles. The predicted molar refractivity (Wildman–Crippen MR) is 49.7 cm³/mol. The zero-order valence-electron chi connectivity index (χ0n) is 5.92. The highest BCUT2D eigenvalue weighted by molar-refractivity contribution is 9.08. The molecule has 2 rings (SSSR count). The zero-order chi connectivity index (χ0) is 8.27. The van der Waals surface area contributed by atoms with Crippen molar-refractivity contribution < 1.29 is 10.0 Å². The second-order valence-electron chi connectivity index (χ2n) is 2.15. The average molecular weight is 215 g/mol. The third-order valence-electron chi connectivity index (χ3n) is 1.48. The van der Waals surface area contributed by atoms with E-state index in [1.807, 2.05) is 0 Å². The van der Waals surface area contributed by atoms with E-state index in [0.717, 1.165) is 5.33 Å². The van der Waals surface area contributed by atoms with Gasteiger partial charge in [-0.15, -0.1) is 0 Å². The fourth-order valence-electron chi connectivity index (χ4n) is 0.932. The quantitative estimate of drug-likeness (QED) is 0.545. The summed E-state index contributed by atoms with van der Waals surface area (Å²) in [7, 11) is -0.750. The van der Waals surface area contributed by atoms with Crippen LogP contribution in [0.1, 0.15) is 5.56 Å². The van der Waals surface area contributed by atoms with E-state index >= 15 is 0 Å². The molecule has 0 saturated carbocycles. The van der Waals surface area contributed by atoms with E-state index < -0.39 is 7.69 Å². The minimum absolute atomic E-state index is 0.750. The van der Waals surface area contributed by atoms with Gasteiger partial charge in [0, 0.05) is 5.33 Å². The molecule has 0 spiro atoms. The highest BCUT2D eigenvalue weighted by Crippen LogP contribution is 2.38. The molecule has 0 aliphatic heterocycles. The van der Waals surface area contributed by atoms with Gasteiger partial charge in [0.25, 0.3) is 0 Å². The third kappa shape index (κ3) is 2.05. The van der Waals surface area contributed by atoms with Gasteiger partial charge >= 0.3 is 7.69 Å². The summed E-state index contributed by atoms with van der Waals surface area (Å²) in [6.07, 6.45) is 0. The number of hydrogen-bond donors (Lipinski definition) is 2. The summed E-state index contributed by atoms with van der Waals surface area (Å²) in [5.74, 6) is 0. The molecular weight excluding hydrogens is 207 g/mol. The van der Waals surface area contributed by atoms with Crippen LogP contribution in [-0.4, -0.2) is 17.7 Å². The Morgan fingerprint density at radius 1 is 1.36 bits per heavy atom. The van der Waals surface area contributed by atoms with Gasteiger partial charge < -0.3 is 10.0 Å². The fraction of sp³-hybridized carbons (Fsp3) is 0.143. The van der Waals surface area contributed by atoms with Crippen LogP contribution in [0.2, 0.25) is 0 Å². The summed E-state index contributed by atoms with van der Waals surface area (Å²) < 4.78 is 0. The van der Waals surface area contributed by atoms with Crippen LogP contribution >= 0.6 is 15.9 Å². The van der Waals surface area contributed by atoms with Crippen molar-refractivity contribution in [1.82, 2.24) is 0 Å². The minimum Gasteiger partial charge on any atom is -0.430 e. The van der Waals surface area contributed by atoms with Gasteiger partial charge in [-0.25, -0.2) is 0 Å². The van der Waals surface area contributed by atoms with Gasteiger partial charge in [0.2, 0.25) is 0 Å². The van der Waals surface area contributed by atoms with Crippen LogP contribution in [0.15, 0.2) is 18.2 Å². The number of halogens is 1. The van der Waals surface area contributed by atoms with E-state index in [0.29, 0.717) is 0 Å². The Hall–Kier alpha value is -0.315.